The molecule has 0 saturated heterocycles. The fourth-order valence-corrected chi connectivity index (χ4v) is 6.09. The second-order valence-electron chi connectivity index (χ2n) is 7.43. The Hall–Kier alpha value is -2.36. The van der Waals surface area contributed by atoms with E-state index >= 15 is 0 Å². The maximum Gasteiger partial charge on any atom is 0.231 e. The predicted octanol–water partition coefficient (Wildman–Crippen LogP) is 6.29. The van der Waals surface area contributed by atoms with Crippen LogP contribution in [0.1, 0.15) is 37.4 Å². The highest BCUT2D eigenvalue weighted by Gasteiger charge is 2.19. The summed E-state index contributed by atoms with van der Waals surface area (Å²) >= 11 is 5.10. The Labute approximate surface area is 193 Å². The highest BCUT2D eigenvalue weighted by molar-refractivity contribution is 7.98. The van der Waals surface area contributed by atoms with Gasteiger partial charge in [-0.3, -0.25) is 4.57 Å². The first kappa shape index (κ1) is 20.5. The number of benzene rings is 1. The van der Waals surface area contributed by atoms with Crippen LogP contribution in [-0.4, -0.2) is 26.5 Å². The van der Waals surface area contributed by atoms with Crippen LogP contribution in [0.25, 0.3) is 22.0 Å². The van der Waals surface area contributed by atoms with E-state index in [1.807, 2.05) is 18.2 Å². The maximum absolute atomic E-state index is 5.49. The number of nitrogens with zero attached hydrogens (tertiary/aromatic N) is 4. The van der Waals surface area contributed by atoms with Gasteiger partial charge in [0.15, 0.2) is 22.5 Å². The van der Waals surface area contributed by atoms with E-state index in [9.17, 15) is 0 Å². The van der Waals surface area contributed by atoms with Gasteiger partial charge in [-0.05, 0) is 44.5 Å². The molecule has 0 aliphatic carbocycles. The second kappa shape index (κ2) is 8.64. The Balaban J connectivity index is 1.33. The number of aromatic nitrogens is 4. The first-order chi connectivity index (χ1) is 15.1. The molecular formula is C22H22N4O2S3. The zero-order chi connectivity index (χ0) is 21.4. The molecule has 1 aromatic carbocycles. The highest BCUT2D eigenvalue weighted by Crippen LogP contribution is 2.37. The van der Waals surface area contributed by atoms with E-state index in [0.717, 1.165) is 56.5 Å². The van der Waals surface area contributed by atoms with Gasteiger partial charge >= 0.3 is 0 Å². The van der Waals surface area contributed by atoms with Crippen molar-refractivity contribution in [2.75, 3.05) is 6.79 Å². The summed E-state index contributed by atoms with van der Waals surface area (Å²) in [5.41, 5.74) is 3.22. The Morgan fingerprint density at radius 2 is 1.94 bits per heavy atom. The number of ether oxygens (including phenoxy) is 2. The minimum atomic E-state index is 0.275. The molecule has 0 fully saturated rings. The largest absolute Gasteiger partial charge is 0.454 e. The molecule has 0 unspecified atom stereocenters. The predicted molar refractivity (Wildman–Crippen MR) is 126 cm³/mol. The number of thiazole rings is 1. The molecule has 3 aromatic heterocycles. The van der Waals surface area contributed by atoms with Crippen LogP contribution < -0.4 is 9.47 Å². The maximum atomic E-state index is 5.49. The van der Waals surface area contributed by atoms with Gasteiger partial charge in [0.1, 0.15) is 5.01 Å². The van der Waals surface area contributed by atoms with Gasteiger partial charge in [-0.2, -0.15) is 0 Å². The van der Waals surface area contributed by atoms with Crippen LogP contribution >= 0.6 is 34.4 Å². The lowest BCUT2D eigenvalue weighted by atomic mass is 10.2. The highest BCUT2D eigenvalue weighted by atomic mass is 32.2. The number of fused-ring (bicyclic) bond motifs is 1. The Bertz CT molecular complexity index is 1210. The molecule has 31 heavy (non-hydrogen) atoms. The van der Waals surface area contributed by atoms with E-state index in [-0.39, 0.29) is 12.8 Å². The van der Waals surface area contributed by atoms with Crippen molar-refractivity contribution in [3.05, 3.63) is 45.6 Å². The number of hydrogen-bond acceptors (Lipinski definition) is 8. The van der Waals surface area contributed by atoms with E-state index in [0.29, 0.717) is 0 Å². The number of aryl methyl sites for hydroxylation is 1. The summed E-state index contributed by atoms with van der Waals surface area (Å²) in [7, 11) is 0. The number of hydrogen-bond donors (Lipinski definition) is 0. The van der Waals surface area contributed by atoms with E-state index in [2.05, 4.69) is 52.4 Å². The smallest absolute Gasteiger partial charge is 0.231 e. The fraction of sp³-hybridized carbons (Fsp3) is 0.318. The van der Waals surface area contributed by atoms with E-state index in [1.165, 1.54) is 4.88 Å². The molecule has 0 radical (unpaired) electrons. The summed E-state index contributed by atoms with van der Waals surface area (Å²) in [5.74, 6) is 3.25. The summed E-state index contributed by atoms with van der Waals surface area (Å²) in [6.45, 7) is 6.80. The summed E-state index contributed by atoms with van der Waals surface area (Å²) in [6.07, 6.45) is 1.04. The number of rotatable bonds is 7. The monoisotopic (exact) mass is 470 g/mol. The van der Waals surface area contributed by atoms with Crippen LogP contribution in [0, 0.1) is 0 Å². The third-order valence-corrected chi connectivity index (χ3v) is 7.96. The average Bonchev–Trinajstić information content (AvgIpc) is 3.56. The Morgan fingerprint density at radius 1 is 1.06 bits per heavy atom. The lowest BCUT2D eigenvalue weighted by Gasteiger charge is -2.12. The Morgan fingerprint density at radius 3 is 2.74 bits per heavy atom. The third kappa shape index (κ3) is 4.09. The molecule has 6 nitrogen and oxygen atoms in total. The fourth-order valence-electron chi connectivity index (χ4n) is 3.39. The van der Waals surface area contributed by atoms with Crippen LogP contribution in [0.15, 0.2) is 40.2 Å². The quantitative estimate of drug-likeness (QED) is 0.296. The van der Waals surface area contributed by atoms with Crippen LogP contribution in [0.2, 0.25) is 0 Å². The molecule has 4 heterocycles. The SMILES string of the molecule is CCc1cc(-c2nnc(SCc3csc(-c4ccc5c(c4)OCO5)n3)n2C(C)C)cs1. The van der Waals surface area contributed by atoms with Gasteiger partial charge in [-0.15, -0.1) is 32.9 Å². The molecule has 0 bridgehead atoms. The first-order valence-corrected chi connectivity index (χ1v) is 12.9. The molecule has 1 aliphatic heterocycles. The van der Waals surface area contributed by atoms with Crippen molar-refractivity contribution in [1.29, 1.82) is 0 Å². The van der Waals surface area contributed by atoms with Crippen molar-refractivity contribution in [2.24, 2.45) is 0 Å². The van der Waals surface area contributed by atoms with Crippen molar-refractivity contribution < 1.29 is 9.47 Å². The van der Waals surface area contributed by atoms with Gasteiger partial charge in [-0.25, -0.2) is 4.98 Å². The topological polar surface area (TPSA) is 62.1 Å². The second-order valence-corrected chi connectivity index (χ2v) is 10.2. The van der Waals surface area contributed by atoms with E-state index < -0.39 is 0 Å². The molecule has 0 spiro atoms. The third-order valence-electron chi connectivity index (χ3n) is 4.96. The molecule has 0 amide bonds. The number of thioether (sulfide) groups is 1. The van der Waals surface area contributed by atoms with Gasteiger partial charge in [0.25, 0.3) is 0 Å². The molecule has 9 heteroatoms. The van der Waals surface area contributed by atoms with Crippen LogP contribution in [0.3, 0.4) is 0 Å². The van der Waals surface area contributed by atoms with Crippen LogP contribution in [0.5, 0.6) is 11.5 Å². The van der Waals surface area contributed by atoms with Crippen molar-refractivity contribution in [2.45, 2.75) is 44.1 Å². The van der Waals surface area contributed by atoms with E-state index in [4.69, 9.17) is 14.5 Å². The average molecular weight is 471 g/mol. The van der Waals surface area contributed by atoms with Gasteiger partial charge in [0.05, 0.1) is 5.69 Å². The minimum Gasteiger partial charge on any atom is -0.454 e. The normalized spacial score (nSPS) is 12.8. The summed E-state index contributed by atoms with van der Waals surface area (Å²) in [6, 6.07) is 8.45. The molecule has 0 saturated carbocycles. The summed E-state index contributed by atoms with van der Waals surface area (Å²) in [4.78, 5) is 6.18. The van der Waals surface area contributed by atoms with Crippen LogP contribution in [-0.2, 0) is 12.2 Å². The molecular weight excluding hydrogens is 448 g/mol. The van der Waals surface area contributed by atoms with Crippen molar-refractivity contribution >= 4 is 34.4 Å². The van der Waals surface area contributed by atoms with Crippen molar-refractivity contribution in [1.82, 2.24) is 19.7 Å². The lowest BCUT2D eigenvalue weighted by Crippen LogP contribution is -2.04. The standard InChI is InChI=1S/C22H22N4O2S3/c1-4-17-7-15(9-29-17)20-24-25-22(26(20)13(2)3)31-11-16-10-30-21(23-16)14-5-6-18-19(8-14)28-12-27-18/h5-10,13H,4,11-12H2,1-3H3. The molecule has 160 valence electrons. The summed E-state index contributed by atoms with van der Waals surface area (Å²) in [5, 5.41) is 15.2. The molecule has 4 aromatic rings. The number of thiophene rings is 1. The molecule has 5 rings (SSSR count). The van der Waals surface area contributed by atoms with Gasteiger partial charge in [-0.1, -0.05) is 18.7 Å². The summed E-state index contributed by atoms with van der Waals surface area (Å²) < 4.78 is 13.1. The van der Waals surface area contributed by atoms with Crippen LogP contribution in [0.4, 0.5) is 0 Å². The molecule has 0 N–H and O–H groups in total. The van der Waals surface area contributed by atoms with Gasteiger partial charge in [0, 0.05) is 38.6 Å². The first-order valence-electron chi connectivity index (χ1n) is 10.1. The van der Waals surface area contributed by atoms with Gasteiger partial charge in [0.2, 0.25) is 6.79 Å². The molecule has 1 aliphatic rings. The Kier molecular flexibility index (Phi) is 5.73. The molecule has 0 atom stereocenters. The lowest BCUT2D eigenvalue weighted by molar-refractivity contribution is 0.174. The zero-order valence-corrected chi connectivity index (χ0v) is 19.9. The zero-order valence-electron chi connectivity index (χ0n) is 17.5. The minimum absolute atomic E-state index is 0.275. The van der Waals surface area contributed by atoms with Crippen molar-refractivity contribution in [3.63, 3.8) is 0 Å². The van der Waals surface area contributed by atoms with Crippen molar-refractivity contribution in [3.8, 4) is 33.5 Å². The van der Waals surface area contributed by atoms with Gasteiger partial charge < -0.3 is 9.47 Å². The van der Waals surface area contributed by atoms with E-state index in [1.54, 1.807) is 34.4 Å².